The molecule has 10 heteroatoms. The molecule has 0 unspecified atom stereocenters. The predicted octanol–water partition coefficient (Wildman–Crippen LogP) is 3.14. The number of rotatable bonds is 3. The predicted molar refractivity (Wildman–Crippen MR) is 78.7 cm³/mol. The van der Waals surface area contributed by atoms with Gasteiger partial charge in [-0.15, -0.1) is 0 Å². The fourth-order valence-corrected chi connectivity index (χ4v) is 3.08. The van der Waals surface area contributed by atoms with Crippen LogP contribution in [0.15, 0.2) is 22.7 Å². The minimum absolute atomic E-state index is 0.0945. The van der Waals surface area contributed by atoms with E-state index in [1.165, 1.54) is 12.1 Å². The van der Waals surface area contributed by atoms with Crippen LogP contribution in [0.2, 0.25) is 0 Å². The molecule has 1 saturated heterocycles. The third-order valence-corrected chi connectivity index (χ3v) is 4.19. The number of amides is 1. The molecule has 1 aliphatic heterocycles. The van der Waals surface area contributed by atoms with Crippen molar-refractivity contribution >= 4 is 28.0 Å². The van der Waals surface area contributed by atoms with Gasteiger partial charge in [-0.05, 0) is 12.1 Å². The Bertz CT molecular complexity index is 652. The van der Waals surface area contributed by atoms with E-state index in [4.69, 9.17) is 9.84 Å². The lowest BCUT2D eigenvalue weighted by molar-refractivity contribution is -0.145. The molecule has 1 aliphatic rings. The van der Waals surface area contributed by atoms with Crippen molar-refractivity contribution in [3.8, 4) is 5.75 Å². The summed E-state index contributed by atoms with van der Waals surface area (Å²) in [5.74, 6) is -1.22. The van der Waals surface area contributed by atoms with Gasteiger partial charge in [0.25, 0.3) is 0 Å². The van der Waals surface area contributed by atoms with Gasteiger partial charge in [-0.25, -0.2) is 9.59 Å². The average Bonchev–Trinajstić information content (AvgIpc) is 2.89. The summed E-state index contributed by atoms with van der Waals surface area (Å²) >= 11 is 2.84. The molecule has 2 rings (SSSR count). The lowest BCUT2D eigenvalue weighted by Gasteiger charge is -2.19. The molecule has 132 valence electrons. The van der Waals surface area contributed by atoms with Crippen molar-refractivity contribution in [1.82, 2.24) is 4.90 Å². The third-order valence-electron chi connectivity index (χ3n) is 3.53. The minimum Gasteiger partial charge on any atom is -0.488 e. The smallest absolute Gasteiger partial charge is 0.421 e. The van der Waals surface area contributed by atoms with Crippen molar-refractivity contribution in [2.75, 3.05) is 13.7 Å². The lowest BCUT2D eigenvalue weighted by Crippen LogP contribution is -2.40. The first-order valence-electron chi connectivity index (χ1n) is 6.75. The number of benzene rings is 1. The van der Waals surface area contributed by atoms with Crippen LogP contribution in [-0.4, -0.2) is 47.9 Å². The van der Waals surface area contributed by atoms with Gasteiger partial charge in [0.05, 0.1) is 13.7 Å². The monoisotopic (exact) mass is 411 g/mol. The van der Waals surface area contributed by atoms with E-state index >= 15 is 0 Å². The topological polar surface area (TPSA) is 76.1 Å². The van der Waals surface area contributed by atoms with E-state index in [0.29, 0.717) is 0 Å². The Balaban J connectivity index is 2.26. The van der Waals surface area contributed by atoms with Gasteiger partial charge in [0, 0.05) is 10.9 Å². The summed E-state index contributed by atoms with van der Waals surface area (Å²) in [5.41, 5.74) is -0.992. The zero-order valence-corrected chi connectivity index (χ0v) is 13.9. The molecule has 0 radical (unpaired) electrons. The van der Waals surface area contributed by atoms with Crippen LogP contribution in [0.1, 0.15) is 12.0 Å². The van der Waals surface area contributed by atoms with Gasteiger partial charge in [0.2, 0.25) is 0 Å². The number of carbonyl (C=O) groups excluding carboxylic acids is 1. The van der Waals surface area contributed by atoms with Crippen molar-refractivity contribution in [2.24, 2.45) is 0 Å². The Hall–Kier alpha value is -1.97. The zero-order chi connectivity index (χ0) is 18.1. The summed E-state index contributed by atoms with van der Waals surface area (Å²) < 4.78 is 49.2. The maximum absolute atomic E-state index is 13.2. The van der Waals surface area contributed by atoms with Crippen LogP contribution in [0.25, 0.3) is 0 Å². The molecule has 1 aromatic carbocycles. The Labute approximate surface area is 143 Å². The quantitative estimate of drug-likeness (QED) is 0.773. The molecule has 0 aliphatic carbocycles. The molecule has 6 nitrogen and oxygen atoms in total. The standard InChI is InChI=1S/C14H13BrF3NO5/c1-23-12(20)9-5-7(6-19(9)13(21)22)24-10-4-2-3-8(15)11(10)14(16,17)18/h2-4,7,9H,5-6H2,1H3,(H,21,22)/t7-,9-/m0/s1. The van der Waals surface area contributed by atoms with Crippen molar-refractivity contribution in [3.63, 3.8) is 0 Å². The van der Waals surface area contributed by atoms with E-state index in [0.717, 1.165) is 18.1 Å². The molecule has 1 fully saturated rings. The number of hydrogen-bond acceptors (Lipinski definition) is 4. The molecule has 2 atom stereocenters. The highest BCUT2D eigenvalue weighted by molar-refractivity contribution is 9.10. The number of carbonyl (C=O) groups is 2. The van der Waals surface area contributed by atoms with Crippen molar-refractivity contribution in [1.29, 1.82) is 0 Å². The maximum Gasteiger partial charge on any atom is 0.421 e. The molecule has 0 aromatic heterocycles. The van der Waals surface area contributed by atoms with Crippen LogP contribution in [0, 0.1) is 0 Å². The van der Waals surface area contributed by atoms with Crippen LogP contribution in [0.3, 0.4) is 0 Å². The van der Waals surface area contributed by atoms with E-state index in [9.17, 15) is 22.8 Å². The largest absolute Gasteiger partial charge is 0.488 e. The summed E-state index contributed by atoms with van der Waals surface area (Å²) in [5, 5.41) is 9.11. The van der Waals surface area contributed by atoms with Crippen LogP contribution in [-0.2, 0) is 15.7 Å². The molecular formula is C14H13BrF3NO5. The molecule has 1 aromatic rings. The molecule has 0 saturated carbocycles. The van der Waals surface area contributed by atoms with Crippen LogP contribution >= 0.6 is 15.9 Å². The molecule has 1 heterocycles. The summed E-state index contributed by atoms with van der Waals surface area (Å²) in [6, 6.07) is 2.63. The highest BCUT2D eigenvalue weighted by Crippen LogP contribution is 2.42. The number of carboxylic acid groups (broad SMARTS) is 1. The first kappa shape index (κ1) is 18.4. The van der Waals surface area contributed by atoms with E-state index in [1.807, 2.05) is 0 Å². The summed E-state index contributed by atoms with van der Waals surface area (Å²) in [6.07, 6.45) is -7.02. The van der Waals surface area contributed by atoms with E-state index < -0.39 is 41.7 Å². The van der Waals surface area contributed by atoms with Crippen molar-refractivity contribution < 1.29 is 37.3 Å². The maximum atomic E-state index is 13.2. The normalized spacial score (nSPS) is 20.8. The van der Waals surface area contributed by atoms with E-state index in [-0.39, 0.29) is 17.4 Å². The molecule has 1 amide bonds. The highest BCUT2D eigenvalue weighted by atomic mass is 79.9. The van der Waals surface area contributed by atoms with E-state index in [2.05, 4.69) is 20.7 Å². The Morgan fingerprint density at radius 3 is 2.58 bits per heavy atom. The van der Waals surface area contributed by atoms with Crippen molar-refractivity contribution in [2.45, 2.75) is 24.7 Å². The van der Waals surface area contributed by atoms with E-state index in [1.54, 1.807) is 0 Å². The van der Waals surface area contributed by atoms with Gasteiger partial charge < -0.3 is 14.6 Å². The highest BCUT2D eigenvalue weighted by Gasteiger charge is 2.43. The summed E-state index contributed by atoms with van der Waals surface area (Å²) in [7, 11) is 1.10. The first-order chi connectivity index (χ1) is 11.1. The van der Waals surface area contributed by atoms with Gasteiger partial charge >= 0.3 is 18.2 Å². The number of alkyl halides is 3. The fraction of sp³-hybridized carbons (Fsp3) is 0.429. The third kappa shape index (κ3) is 3.74. The second kappa shape index (κ2) is 6.88. The fourth-order valence-electron chi connectivity index (χ4n) is 2.51. The van der Waals surface area contributed by atoms with Gasteiger partial charge in [-0.1, -0.05) is 22.0 Å². The van der Waals surface area contributed by atoms with Gasteiger partial charge in [-0.3, -0.25) is 4.90 Å². The number of halogens is 4. The summed E-state index contributed by atoms with van der Waals surface area (Å²) in [4.78, 5) is 23.6. The number of nitrogens with zero attached hydrogens (tertiary/aromatic N) is 1. The van der Waals surface area contributed by atoms with Gasteiger partial charge in [-0.2, -0.15) is 13.2 Å². The average molecular weight is 412 g/mol. The number of likely N-dealkylation sites (tertiary alicyclic amines) is 1. The SMILES string of the molecule is COC(=O)[C@@H]1C[C@H](Oc2cccc(Br)c2C(F)(F)F)CN1C(=O)O. The molecule has 24 heavy (non-hydrogen) atoms. The minimum atomic E-state index is -4.65. The van der Waals surface area contributed by atoms with Crippen LogP contribution in [0.4, 0.5) is 18.0 Å². The number of esters is 1. The Morgan fingerprint density at radius 1 is 1.38 bits per heavy atom. The number of methoxy groups -OCH3 is 1. The molecular weight excluding hydrogens is 399 g/mol. The second-order valence-corrected chi connectivity index (χ2v) is 5.91. The molecule has 1 N–H and O–H groups in total. The Morgan fingerprint density at radius 2 is 2.04 bits per heavy atom. The summed E-state index contributed by atoms with van der Waals surface area (Å²) in [6.45, 7) is -0.237. The zero-order valence-electron chi connectivity index (χ0n) is 12.3. The molecule has 0 bridgehead atoms. The van der Waals surface area contributed by atoms with Crippen molar-refractivity contribution in [3.05, 3.63) is 28.2 Å². The number of ether oxygens (including phenoxy) is 2. The van der Waals surface area contributed by atoms with Crippen LogP contribution in [0.5, 0.6) is 5.75 Å². The second-order valence-electron chi connectivity index (χ2n) is 5.06. The molecule has 0 spiro atoms. The van der Waals surface area contributed by atoms with Gasteiger partial charge in [0.15, 0.2) is 0 Å². The van der Waals surface area contributed by atoms with Gasteiger partial charge in [0.1, 0.15) is 23.5 Å². The Kier molecular flexibility index (Phi) is 5.26. The first-order valence-corrected chi connectivity index (χ1v) is 7.54. The lowest BCUT2D eigenvalue weighted by atomic mass is 10.1. The number of hydrogen-bond donors (Lipinski definition) is 1. The van der Waals surface area contributed by atoms with Crippen LogP contribution < -0.4 is 4.74 Å².